The fourth-order valence-electron chi connectivity index (χ4n) is 2.72. The van der Waals surface area contributed by atoms with Crippen molar-refractivity contribution in [3.8, 4) is 11.4 Å². The molecule has 0 spiro atoms. The molecule has 0 amide bonds. The van der Waals surface area contributed by atoms with E-state index >= 15 is 0 Å². The van der Waals surface area contributed by atoms with Gasteiger partial charge in [0.15, 0.2) is 0 Å². The Bertz CT molecular complexity index is 933. The Morgan fingerprint density at radius 1 is 1.07 bits per heavy atom. The molecule has 0 unspecified atom stereocenters. The van der Waals surface area contributed by atoms with Gasteiger partial charge < -0.3 is 15.7 Å². The highest BCUT2D eigenvalue weighted by Gasteiger charge is 2.15. The first-order chi connectivity index (χ1) is 13.5. The molecule has 6 nitrogen and oxygen atoms in total. The number of rotatable bonds is 7. The van der Waals surface area contributed by atoms with Crippen LogP contribution in [0.25, 0.3) is 11.4 Å². The fourth-order valence-corrected chi connectivity index (χ4v) is 2.72. The summed E-state index contributed by atoms with van der Waals surface area (Å²) in [4.78, 5) is 13.4. The van der Waals surface area contributed by atoms with Gasteiger partial charge in [0.25, 0.3) is 0 Å². The number of aliphatic hydroxyl groups excluding tert-OH is 1. The van der Waals surface area contributed by atoms with Crippen LogP contribution in [-0.2, 0) is 0 Å². The van der Waals surface area contributed by atoms with Gasteiger partial charge in [0.1, 0.15) is 11.6 Å². The first kappa shape index (κ1) is 19.7. The molecule has 0 saturated heterocycles. The average Bonchev–Trinajstić information content (AvgIpc) is 2.68. The predicted octanol–water partition coefficient (Wildman–Crippen LogP) is 4.16. The average molecular weight is 381 g/mol. The minimum absolute atomic E-state index is 0.0331. The zero-order valence-electron chi connectivity index (χ0n) is 16.1. The maximum Gasteiger partial charge on any atom is 0.225 e. The summed E-state index contributed by atoms with van der Waals surface area (Å²) in [5.41, 5.74) is 2.86. The fraction of sp³-hybridized carbons (Fsp3) is 0.286. The van der Waals surface area contributed by atoms with Crippen LogP contribution < -0.4 is 10.6 Å². The van der Waals surface area contributed by atoms with E-state index in [0.717, 1.165) is 11.3 Å². The van der Waals surface area contributed by atoms with Crippen molar-refractivity contribution in [2.75, 3.05) is 17.2 Å². The van der Waals surface area contributed by atoms with Crippen LogP contribution in [0.2, 0.25) is 0 Å². The Labute approximate surface area is 163 Å². The van der Waals surface area contributed by atoms with E-state index in [4.69, 9.17) is 0 Å². The van der Waals surface area contributed by atoms with Gasteiger partial charge in [0.05, 0.1) is 24.0 Å². The van der Waals surface area contributed by atoms with Crippen molar-refractivity contribution < 1.29 is 9.50 Å². The van der Waals surface area contributed by atoms with Gasteiger partial charge in [-0.05, 0) is 48.7 Å². The normalized spacial score (nSPS) is 12.1. The lowest BCUT2D eigenvalue weighted by molar-refractivity contribution is 0.248. The minimum Gasteiger partial charge on any atom is -0.394 e. The number of halogens is 1. The van der Waals surface area contributed by atoms with Gasteiger partial charge >= 0.3 is 0 Å². The molecule has 3 rings (SSSR count). The van der Waals surface area contributed by atoms with E-state index in [1.54, 1.807) is 18.3 Å². The third kappa shape index (κ3) is 4.80. The Balaban J connectivity index is 1.99. The maximum absolute atomic E-state index is 13.4. The van der Waals surface area contributed by atoms with Crippen molar-refractivity contribution >= 4 is 17.5 Å². The van der Waals surface area contributed by atoms with Gasteiger partial charge in [-0.1, -0.05) is 19.9 Å². The van der Waals surface area contributed by atoms with Crippen LogP contribution in [0.5, 0.6) is 0 Å². The van der Waals surface area contributed by atoms with Gasteiger partial charge in [-0.2, -0.15) is 4.98 Å². The highest BCUT2D eigenvalue weighted by atomic mass is 19.1. The Hall–Kier alpha value is -3.06. The number of hydrogen-bond acceptors (Lipinski definition) is 6. The Morgan fingerprint density at radius 2 is 1.89 bits per heavy atom. The van der Waals surface area contributed by atoms with E-state index in [1.807, 2.05) is 39.0 Å². The smallest absolute Gasteiger partial charge is 0.225 e. The molecule has 2 heterocycles. The molecule has 0 aliphatic rings. The molecule has 2 aromatic heterocycles. The number of benzene rings is 1. The summed E-state index contributed by atoms with van der Waals surface area (Å²) in [6.45, 7) is 5.82. The number of aryl methyl sites for hydroxylation is 1. The first-order valence-electron chi connectivity index (χ1n) is 9.17. The molecule has 0 radical (unpaired) electrons. The van der Waals surface area contributed by atoms with Crippen LogP contribution in [0.1, 0.15) is 19.4 Å². The van der Waals surface area contributed by atoms with Gasteiger partial charge in [-0.3, -0.25) is 4.98 Å². The molecule has 3 aromatic rings. The van der Waals surface area contributed by atoms with E-state index in [9.17, 15) is 9.50 Å². The van der Waals surface area contributed by atoms with Crippen LogP contribution in [0.3, 0.4) is 0 Å². The quantitative estimate of drug-likeness (QED) is 0.570. The second kappa shape index (κ2) is 8.75. The van der Waals surface area contributed by atoms with Gasteiger partial charge in [0, 0.05) is 18.0 Å². The second-order valence-electron chi connectivity index (χ2n) is 6.94. The van der Waals surface area contributed by atoms with Crippen molar-refractivity contribution in [1.29, 1.82) is 0 Å². The van der Waals surface area contributed by atoms with Crippen molar-refractivity contribution in [2.24, 2.45) is 5.92 Å². The Kier molecular flexibility index (Phi) is 6.16. The summed E-state index contributed by atoms with van der Waals surface area (Å²) in [5, 5.41) is 16.0. The SMILES string of the molecule is Cc1cc(F)ccc1Nc1cc(-c2ccccn2)nc(N[C@@H](CO)C(C)C)n1. The van der Waals surface area contributed by atoms with Crippen LogP contribution in [-0.4, -0.2) is 32.7 Å². The van der Waals surface area contributed by atoms with Crippen LogP contribution in [0.15, 0.2) is 48.7 Å². The van der Waals surface area contributed by atoms with Crippen LogP contribution >= 0.6 is 0 Å². The van der Waals surface area contributed by atoms with E-state index in [0.29, 0.717) is 23.2 Å². The molecule has 1 atom stereocenters. The zero-order chi connectivity index (χ0) is 20.1. The maximum atomic E-state index is 13.4. The molecule has 3 N–H and O–H groups in total. The minimum atomic E-state index is -0.287. The molecular formula is C21H24FN5O. The van der Waals surface area contributed by atoms with Gasteiger partial charge in [-0.15, -0.1) is 0 Å². The third-order valence-electron chi connectivity index (χ3n) is 4.42. The zero-order valence-corrected chi connectivity index (χ0v) is 16.1. The topological polar surface area (TPSA) is 83.0 Å². The standard InChI is InChI=1S/C21H24FN5O/c1-13(2)19(12-28)26-21-25-18(17-6-4-5-9-23-17)11-20(27-21)24-16-8-7-15(22)10-14(16)3/h4-11,13,19,28H,12H2,1-3H3,(H2,24,25,26,27)/t19-/m0/s1. The number of anilines is 3. The molecule has 7 heteroatoms. The molecule has 28 heavy (non-hydrogen) atoms. The first-order valence-corrected chi connectivity index (χ1v) is 9.17. The van der Waals surface area contributed by atoms with E-state index in [2.05, 4.69) is 25.6 Å². The number of aliphatic hydroxyl groups is 1. The van der Waals surface area contributed by atoms with E-state index in [-0.39, 0.29) is 24.4 Å². The number of nitrogens with one attached hydrogen (secondary N) is 2. The van der Waals surface area contributed by atoms with Crippen LogP contribution in [0, 0.1) is 18.7 Å². The van der Waals surface area contributed by atoms with Crippen molar-refractivity contribution in [1.82, 2.24) is 15.0 Å². The molecule has 0 saturated carbocycles. The predicted molar refractivity (Wildman–Crippen MR) is 109 cm³/mol. The number of aromatic nitrogens is 3. The van der Waals surface area contributed by atoms with Gasteiger partial charge in [0.2, 0.25) is 5.95 Å². The molecule has 0 aliphatic heterocycles. The lowest BCUT2D eigenvalue weighted by Gasteiger charge is -2.20. The van der Waals surface area contributed by atoms with Crippen molar-refractivity contribution in [3.05, 3.63) is 60.0 Å². The van der Waals surface area contributed by atoms with Crippen molar-refractivity contribution in [3.63, 3.8) is 0 Å². The van der Waals surface area contributed by atoms with E-state index < -0.39 is 0 Å². The Morgan fingerprint density at radius 3 is 2.54 bits per heavy atom. The highest BCUT2D eigenvalue weighted by Crippen LogP contribution is 2.25. The number of nitrogens with zero attached hydrogens (tertiary/aromatic N) is 3. The molecular weight excluding hydrogens is 357 g/mol. The molecule has 1 aromatic carbocycles. The van der Waals surface area contributed by atoms with Gasteiger partial charge in [-0.25, -0.2) is 9.37 Å². The third-order valence-corrected chi connectivity index (χ3v) is 4.42. The largest absolute Gasteiger partial charge is 0.394 e. The number of hydrogen-bond donors (Lipinski definition) is 3. The summed E-state index contributed by atoms with van der Waals surface area (Å²) in [6, 6.07) is 11.7. The highest BCUT2D eigenvalue weighted by molar-refractivity contribution is 5.66. The summed E-state index contributed by atoms with van der Waals surface area (Å²) < 4.78 is 13.4. The number of pyridine rings is 1. The summed E-state index contributed by atoms with van der Waals surface area (Å²) in [7, 11) is 0. The lowest BCUT2D eigenvalue weighted by Crippen LogP contribution is -2.30. The summed E-state index contributed by atoms with van der Waals surface area (Å²) >= 11 is 0. The molecule has 146 valence electrons. The monoisotopic (exact) mass is 381 g/mol. The molecule has 0 aliphatic carbocycles. The second-order valence-corrected chi connectivity index (χ2v) is 6.94. The summed E-state index contributed by atoms with van der Waals surface area (Å²) in [6.07, 6.45) is 1.70. The molecule has 0 bridgehead atoms. The van der Waals surface area contributed by atoms with Crippen molar-refractivity contribution in [2.45, 2.75) is 26.8 Å². The molecule has 0 fully saturated rings. The summed E-state index contributed by atoms with van der Waals surface area (Å²) in [5.74, 6) is 0.847. The lowest BCUT2D eigenvalue weighted by atomic mass is 10.1. The van der Waals surface area contributed by atoms with E-state index in [1.165, 1.54) is 12.1 Å². The van der Waals surface area contributed by atoms with Crippen LogP contribution in [0.4, 0.5) is 21.8 Å².